The second kappa shape index (κ2) is 7.92. The van der Waals surface area contributed by atoms with Crippen molar-refractivity contribution in [2.75, 3.05) is 18.0 Å². The summed E-state index contributed by atoms with van der Waals surface area (Å²) in [5.41, 5.74) is 1.84. The minimum Gasteiger partial charge on any atom is -0.487 e. The van der Waals surface area contributed by atoms with E-state index in [4.69, 9.17) is 4.74 Å². The molecule has 0 unspecified atom stereocenters. The average molecular weight is 341 g/mol. The van der Waals surface area contributed by atoms with Gasteiger partial charge in [0.05, 0.1) is 18.4 Å². The fourth-order valence-corrected chi connectivity index (χ4v) is 2.75. The lowest BCUT2D eigenvalue weighted by Crippen LogP contribution is -2.26. The molecule has 1 atom stereocenters. The molecule has 0 aromatic carbocycles. The maximum Gasteiger partial charge on any atom is 0.219 e. The predicted octanol–water partition coefficient (Wildman–Crippen LogP) is 1.86. The summed E-state index contributed by atoms with van der Waals surface area (Å²) in [6, 6.07) is 5.83. The summed E-state index contributed by atoms with van der Waals surface area (Å²) in [6.45, 7) is 5.84. The molecule has 1 fully saturated rings. The molecule has 7 nitrogen and oxygen atoms in total. The van der Waals surface area contributed by atoms with Gasteiger partial charge in [0.1, 0.15) is 11.9 Å². The zero-order valence-corrected chi connectivity index (χ0v) is 14.6. The smallest absolute Gasteiger partial charge is 0.219 e. The normalized spacial score (nSPS) is 16.7. The van der Waals surface area contributed by atoms with Gasteiger partial charge in [0.2, 0.25) is 5.91 Å². The Bertz CT molecular complexity index is 720. The van der Waals surface area contributed by atoms with E-state index in [0.717, 1.165) is 42.3 Å². The first kappa shape index (κ1) is 17.1. The Morgan fingerprint density at radius 2 is 2.24 bits per heavy atom. The van der Waals surface area contributed by atoms with E-state index in [0.29, 0.717) is 13.0 Å². The van der Waals surface area contributed by atoms with Gasteiger partial charge in [-0.1, -0.05) is 6.92 Å². The van der Waals surface area contributed by atoms with Crippen LogP contribution < -0.4 is 15.0 Å². The second-order valence-electron chi connectivity index (χ2n) is 6.12. The number of nitrogens with zero attached hydrogens (tertiary/aromatic N) is 4. The first-order valence-corrected chi connectivity index (χ1v) is 8.57. The van der Waals surface area contributed by atoms with E-state index in [1.165, 1.54) is 0 Å². The van der Waals surface area contributed by atoms with Gasteiger partial charge in [-0.3, -0.25) is 9.78 Å². The molecule has 1 N–H and O–H groups in total. The number of hydrogen-bond acceptors (Lipinski definition) is 6. The Kier molecular flexibility index (Phi) is 5.42. The molecule has 2 aromatic rings. The van der Waals surface area contributed by atoms with Crippen molar-refractivity contribution in [1.82, 2.24) is 20.5 Å². The van der Waals surface area contributed by atoms with E-state index in [9.17, 15) is 4.79 Å². The highest BCUT2D eigenvalue weighted by atomic mass is 16.5. The lowest BCUT2D eigenvalue weighted by atomic mass is 10.2. The number of nitrogens with one attached hydrogen (secondary N) is 1. The van der Waals surface area contributed by atoms with E-state index in [1.807, 2.05) is 32.0 Å². The van der Waals surface area contributed by atoms with Crippen LogP contribution in [0.5, 0.6) is 5.75 Å². The highest BCUT2D eigenvalue weighted by Crippen LogP contribution is 2.24. The van der Waals surface area contributed by atoms with Crippen molar-refractivity contribution >= 4 is 11.7 Å². The lowest BCUT2D eigenvalue weighted by Gasteiger charge is -2.18. The van der Waals surface area contributed by atoms with E-state index in [-0.39, 0.29) is 12.0 Å². The molecule has 3 heterocycles. The number of amides is 1. The standard InChI is InChI=1S/C18H23N5O2/c1-3-18(24)20-10-14-6-8-19-11-16(14)25-15-7-9-23(12-15)17-5-4-13(2)21-22-17/h4-6,8,11,15H,3,7,9-10,12H2,1-2H3,(H,20,24)/t15-/m0/s1. The van der Waals surface area contributed by atoms with Crippen molar-refractivity contribution in [2.24, 2.45) is 0 Å². The van der Waals surface area contributed by atoms with Crippen LogP contribution in [0.4, 0.5) is 5.82 Å². The fraction of sp³-hybridized carbons (Fsp3) is 0.444. The van der Waals surface area contributed by atoms with Gasteiger partial charge in [-0.2, -0.15) is 5.10 Å². The van der Waals surface area contributed by atoms with Gasteiger partial charge >= 0.3 is 0 Å². The number of aryl methyl sites for hydroxylation is 1. The molecule has 1 aliphatic heterocycles. The molecule has 0 saturated carbocycles. The van der Waals surface area contributed by atoms with Crippen LogP contribution in [0.25, 0.3) is 0 Å². The number of rotatable bonds is 6. The van der Waals surface area contributed by atoms with Crippen molar-refractivity contribution in [2.45, 2.75) is 39.3 Å². The van der Waals surface area contributed by atoms with Crippen LogP contribution in [0, 0.1) is 6.92 Å². The molecule has 2 aromatic heterocycles. The Morgan fingerprint density at radius 3 is 3.00 bits per heavy atom. The molecule has 1 amide bonds. The number of aromatic nitrogens is 3. The molecule has 7 heteroatoms. The Hall–Kier alpha value is -2.70. The van der Waals surface area contributed by atoms with Gasteiger partial charge in [-0.05, 0) is 25.1 Å². The number of carbonyl (C=O) groups is 1. The Labute approximate surface area is 147 Å². The van der Waals surface area contributed by atoms with Crippen LogP contribution in [-0.2, 0) is 11.3 Å². The quantitative estimate of drug-likeness (QED) is 0.864. The van der Waals surface area contributed by atoms with Gasteiger partial charge < -0.3 is 15.0 Å². The summed E-state index contributed by atoms with van der Waals surface area (Å²) in [6.07, 6.45) is 4.86. The molecular formula is C18H23N5O2. The fourth-order valence-electron chi connectivity index (χ4n) is 2.75. The van der Waals surface area contributed by atoms with Crippen LogP contribution in [0.15, 0.2) is 30.6 Å². The van der Waals surface area contributed by atoms with Crippen molar-refractivity contribution in [1.29, 1.82) is 0 Å². The molecule has 132 valence electrons. The number of carbonyl (C=O) groups excluding carboxylic acids is 1. The molecule has 0 aliphatic carbocycles. The zero-order valence-electron chi connectivity index (χ0n) is 14.6. The summed E-state index contributed by atoms with van der Waals surface area (Å²) in [7, 11) is 0. The van der Waals surface area contributed by atoms with Gasteiger partial charge in [-0.25, -0.2) is 0 Å². The molecule has 0 bridgehead atoms. The zero-order chi connectivity index (χ0) is 17.6. The lowest BCUT2D eigenvalue weighted by molar-refractivity contribution is -0.120. The third-order valence-corrected chi connectivity index (χ3v) is 4.21. The van der Waals surface area contributed by atoms with Crippen LogP contribution in [-0.4, -0.2) is 40.3 Å². The SMILES string of the molecule is CCC(=O)NCc1ccncc1O[C@H]1CCN(c2ccc(C)nn2)C1. The number of anilines is 1. The molecule has 1 aliphatic rings. The first-order valence-electron chi connectivity index (χ1n) is 8.57. The molecule has 25 heavy (non-hydrogen) atoms. The maximum absolute atomic E-state index is 11.5. The highest BCUT2D eigenvalue weighted by Gasteiger charge is 2.26. The largest absolute Gasteiger partial charge is 0.487 e. The van der Waals surface area contributed by atoms with Crippen LogP contribution >= 0.6 is 0 Å². The Balaban J connectivity index is 1.61. The first-order chi connectivity index (χ1) is 12.2. The summed E-state index contributed by atoms with van der Waals surface area (Å²) < 4.78 is 6.14. The minimum absolute atomic E-state index is 0.0211. The van der Waals surface area contributed by atoms with Crippen molar-refractivity contribution < 1.29 is 9.53 Å². The molecule has 3 rings (SSSR count). The number of hydrogen-bond donors (Lipinski definition) is 1. The second-order valence-corrected chi connectivity index (χ2v) is 6.12. The van der Waals surface area contributed by atoms with Crippen molar-refractivity contribution in [3.05, 3.63) is 41.9 Å². The maximum atomic E-state index is 11.5. The van der Waals surface area contributed by atoms with Crippen LogP contribution in [0.2, 0.25) is 0 Å². The monoisotopic (exact) mass is 341 g/mol. The van der Waals surface area contributed by atoms with Crippen LogP contribution in [0.3, 0.4) is 0 Å². The van der Waals surface area contributed by atoms with E-state index >= 15 is 0 Å². The molecule has 0 radical (unpaired) electrons. The van der Waals surface area contributed by atoms with Gasteiger partial charge in [0.15, 0.2) is 5.82 Å². The third kappa shape index (κ3) is 4.43. The molecule has 1 saturated heterocycles. The summed E-state index contributed by atoms with van der Waals surface area (Å²) in [4.78, 5) is 17.8. The molecular weight excluding hydrogens is 318 g/mol. The minimum atomic E-state index is 0.0211. The van der Waals surface area contributed by atoms with Gasteiger partial charge in [0.25, 0.3) is 0 Å². The van der Waals surface area contributed by atoms with E-state index in [2.05, 4.69) is 25.4 Å². The van der Waals surface area contributed by atoms with Crippen molar-refractivity contribution in [3.8, 4) is 5.75 Å². The topological polar surface area (TPSA) is 80.2 Å². The number of pyridine rings is 1. The van der Waals surface area contributed by atoms with Crippen molar-refractivity contribution in [3.63, 3.8) is 0 Å². The van der Waals surface area contributed by atoms with E-state index < -0.39 is 0 Å². The summed E-state index contributed by atoms with van der Waals surface area (Å²) >= 11 is 0. The van der Waals surface area contributed by atoms with Gasteiger partial charge in [-0.15, -0.1) is 5.10 Å². The molecule has 0 spiro atoms. The predicted molar refractivity (Wildman–Crippen MR) is 94.4 cm³/mol. The van der Waals surface area contributed by atoms with Gasteiger partial charge in [0, 0.05) is 37.7 Å². The third-order valence-electron chi connectivity index (χ3n) is 4.21. The van der Waals surface area contributed by atoms with E-state index in [1.54, 1.807) is 12.4 Å². The summed E-state index contributed by atoms with van der Waals surface area (Å²) in [5.74, 6) is 1.62. The Morgan fingerprint density at radius 1 is 1.36 bits per heavy atom. The highest BCUT2D eigenvalue weighted by molar-refractivity contribution is 5.75. The van der Waals surface area contributed by atoms with Crippen LogP contribution in [0.1, 0.15) is 31.0 Å². The average Bonchev–Trinajstić information content (AvgIpc) is 3.10. The summed E-state index contributed by atoms with van der Waals surface area (Å²) in [5, 5.41) is 11.2. The number of ether oxygens (including phenoxy) is 1.